The van der Waals surface area contributed by atoms with Crippen molar-refractivity contribution in [2.45, 2.75) is 13.8 Å². The maximum absolute atomic E-state index is 11.9. The number of hydrogen-bond acceptors (Lipinski definition) is 6. The Morgan fingerprint density at radius 3 is 2.87 bits per heavy atom. The van der Waals surface area contributed by atoms with Gasteiger partial charge in [0.25, 0.3) is 5.91 Å². The predicted molar refractivity (Wildman–Crippen MR) is 88.4 cm³/mol. The zero-order chi connectivity index (χ0) is 16.8. The summed E-state index contributed by atoms with van der Waals surface area (Å²) >= 11 is 6.90. The number of anilines is 1. The molecule has 23 heavy (non-hydrogen) atoms. The molecule has 122 valence electrons. The van der Waals surface area contributed by atoms with Crippen molar-refractivity contribution in [2.24, 2.45) is 0 Å². The minimum Gasteiger partial charge on any atom is -0.484 e. The third-order valence-corrected chi connectivity index (χ3v) is 3.96. The lowest BCUT2D eigenvalue weighted by Gasteiger charge is -2.05. The number of carbonyl (C=O) groups excluding carboxylic acids is 2. The predicted octanol–water partition coefficient (Wildman–Crippen LogP) is 3.30. The van der Waals surface area contributed by atoms with Gasteiger partial charge in [0.1, 0.15) is 10.6 Å². The maximum Gasteiger partial charge on any atom is 0.350 e. The second kappa shape index (κ2) is 7.94. The van der Waals surface area contributed by atoms with Crippen molar-refractivity contribution >= 4 is 39.9 Å². The molecule has 8 heteroatoms. The van der Waals surface area contributed by atoms with Crippen LogP contribution in [0.4, 0.5) is 5.13 Å². The molecule has 0 saturated carbocycles. The van der Waals surface area contributed by atoms with E-state index in [-0.39, 0.29) is 19.1 Å². The molecule has 0 aliphatic rings. The van der Waals surface area contributed by atoms with Crippen molar-refractivity contribution in [3.8, 4) is 5.75 Å². The quantitative estimate of drug-likeness (QED) is 0.805. The molecule has 1 N–H and O–H groups in total. The summed E-state index contributed by atoms with van der Waals surface area (Å²) in [4.78, 5) is 28.1. The summed E-state index contributed by atoms with van der Waals surface area (Å²) in [6.45, 7) is 3.50. The second-order valence-electron chi connectivity index (χ2n) is 4.45. The zero-order valence-electron chi connectivity index (χ0n) is 12.6. The number of carbonyl (C=O) groups is 2. The van der Waals surface area contributed by atoms with Crippen LogP contribution in [0.5, 0.6) is 5.75 Å². The van der Waals surface area contributed by atoms with E-state index in [1.807, 2.05) is 0 Å². The average molecular weight is 355 g/mol. The van der Waals surface area contributed by atoms with Gasteiger partial charge in [0, 0.05) is 5.02 Å². The number of ether oxygens (including phenoxy) is 2. The van der Waals surface area contributed by atoms with Gasteiger partial charge in [0.05, 0.1) is 12.3 Å². The first-order chi connectivity index (χ1) is 11.0. The van der Waals surface area contributed by atoms with Crippen LogP contribution < -0.4 is 10.1 Å². The fourth-order valence-corrected chi connectivity index (χ4v) is 2.75. The van der Waals surface area contributed by atoms with Gasteiger partial charge in [-0.05, 0) is 32.0 Å². The van der Waals surface area contributed by atoms with Crippen molar-refractivity contribution in [1.82, 2.24) is 4.98 Å². The molecule has 1 aromatic heterocycles. The van der Waals surface area contributed by atoms with E-state index in [0.717, 1.165) is 11.3 Å². The van der Waals surface area contributed by atoms with E-state index in [1.54, 1.807) is 38.1 Å². The van der Waals surface area contributed by atoms with E-state index in [0.29, 0.717) is 26.5 Å². The third kappa shape index (κ3) is 4.94. The second-order valence-corrected chi connectivity index (χ2v) is 5.88. The number of nitrogens with one attached hydrogen (secondary N) is 1. The number of amides is 1. The van der Waals surface area contributed by atoms with Crippen molar-refractivity contribution < 1.29 is 19.1 Å². The molecule has 1 heterocycles. The van der Waals surface area contributed by atoms with Gasteiger partial charge < -0.3 is 9.47 Å². The van der Waals surface area contributed by atoms with Gasteiger partial charge in [0.15, 0.2) is 11.7 Å². The number of aryl methyl sites for hydroxylation is 1. The van der Waals surface area contributed by atoms with Crippen molar-refractivity contribution in [3.05, 3.63) is 39.9 Å². The Hall–Kier alpha value is -2.12. The minimum absolute atomic E-state index is 0.187. The Kier molecular flexibility index (Phi) is 5.95. The topological polar surface area (TPSA) is 77.5 Å². The Labute approximate surface area is 142 Å². The Morgan fingerprint density at radius 1 is 1.39 bits per heavy atom. The van der Waals surface area contributed by atoms with Crippen molar-refractivity contribution in [1.29, 1.82) is 0 Å². The lowest BCUT2D eigenvalue weighted by molar-refractivity contribution is -0.118. The third-order valence-electron chi connectivity index (χ3n) is 2.67. The first-order valence-electron chi connectivity index (χ1n) is 6.82. The molecular weight excluding hydrogens is 340 g/mol. The maximum atomic E-state index is 11.9. The molecule has 1 amide bonds. The number of rotatable bonds is 6. The van der Waals surface area contributed by atoms with Gasteiger partial charge in [-0.3, -0.25) is 10.1 Å². The van der Waals surface area contributed by atoms with Crippen LogP contribution in [0.3, 0.4) is 0 Å². The van der Waals surface area contributed by atoms with Crippen molar-refractivity contribution in [3.63, 3.8) is 0 Å². The fraction of sp³-hybridized carbons (Fsp3) is 0.267. The number of nitrogens with zero attached hydrogens (tertiary/aromatic N) is 1. The van der Waals surface area contributed by atoms with Gasteiger partial charge in [-0.1, -0.05) is 29.0 Å². The highest BCUT2D eigenvalue weighted by atomic mass is 35.5. The lowest BCUT2D eigenvalue weighted by Crippen LogP contribution is -2.20. The van der Waals surface area contributed by atoms with E-state index in [1.165, 1.54) is 0 Å². The van der Waals surface area contributed by atoms with Crippen LogP contribution in [-0.4, -0.2) is 30.1 Å². The number of benzene rings is 1. The van der Waals surface area contributed by atoms with Crippen LogP contribution in [0, 0.1) is 6.92 Å². The van der Waals surface area contributed by atoms with E-state index < -0.39 is 5.97 Å². The van der Waals surface area contributed by atoms with Gasteiger partial charge >= 0.3 is 5.97 Å². The molecule has 0 atom stereocenters. The summed E-state index contributed by atoms with van der Waals surface area (Å²) in [6, 6.07) is 6.75. The summed E-state index contributed by atoms with van der Waals surface area (Å²) in [5.74, 6) is -0.331. The smallest absolute Gasteiger partial charge is 0.350 e. The first kappa shape index (κ1) is 17.2. The molecule has 1 aromatic carbocycles. The van der Waals surface area contributed by atoms with Crippen LogP contribution in [0.15, 0.2) is 24.3 Å². The number of esters is 1. The highest BCUT2D eigenvalue weighted by Gasteiger charge is 2.17. The molecule has 2 aromatic rings. The number of halogens is 1. The Balaban J connectivity index is 1.93. The van der Waals surface area contributed by atoms with Crippen LogP contribution in [0.2, 0.25) is 5.02 Å². The molecule has 0 saturated heterocycles. The molecule has 0 aliphatic carbocycles. The molecular formula is C15H15ClN2O4S. The lowest BCUT2D eigenvalue weighted by atomic mass is 10.3. The summed E-state index contributed by atoms with van der Waals surface area (Å²) in [5.41, 5.74) is 0.513. The zero-order valence-corrected chi connectivity index (χ0v) is 14.2. The molecule has 6 nitrogen and oxygen atoms in total. The Morgan fingerprint density at radius 2 is 2.17 bits per heavy atom. The molecule has 0 fully saturated rings. The van der Waals surface area contributed by atoms with Gasteiger partial charge in [-0.2, -0.15) is 0 Å². The number of hydrogen-bond donors (Lipinski definition) is 1. The van der Waals surface area contributed by atoms with Gasteiger partial charge in [-0.15, -0.1) is 0 Å². The minimum atomic E-state index is -0.446. The Bertz CT molecular complexity index is 717. The largest absolute Gasteiger partial charge is 0.484 e. The van der Waals surface area contributed by atoms with Crippen LogP contribution >= 0.6 is 22.9 Å². The summed E-state index contributed by atoms with van der Waals surface area (Å²) in [7, 11) is 0. The van der Waals surface area contributed by atoms with E-state index >= 15 is 0 Å². The van der Waals surface area contributed by atoms with E-state index in [2.05, 4.69) is 10.3 Å². The summed E-state index contributed by atoms with van der Waals surface area (Å²) in [5, 5.41) is 3.44. The molecule has 0 bridgehead atoms. The fourth-order valence-electron chi connectivity index (χ4n) is 1.70. The molecule has 0 unspecified atom stereocenters. The monoisotopic (exact) mass is 354 g/mol. The van der Waals surface area contributed by atoms with E-state index in [9.17, 15) is 9.59 Å². The first-order valence-corrected chi connectivity index (χ1v) is 8.01. The molecule has 0 aliphatic heterocycles. The molecule has 2 rings (SSSR count). The van der Waals surface area contributed by atoms with Crippen molar-refractivity contribution in [2.75, 3.05) is 18.5 Å². The number of thiazole rings is 1. The standard InChI is InChI=1S/C15H15ClN2O4S/c1-3-21-14(20)13-9(2)17-15(23-13)18-12(19)8-22-11-6-4-5-10(16)7-11/h4-7H,3,8H2,1-2H3,(H,17,18,19). The highest BCUT2D eigenvalue weighted by molar-refractivity contribution is 7.17. The van der Waals surface area contributed by atoms with Crippen LogP contribution in [0.25, 0.3) is 0 Å². The molecule has 0 radical (unpaired) electrons. The SMILES string of the molecule is CCOC(=O)c1sc(NC(=O)COc2cccc(Cl)c2)nc1C. The highest BCUT2D eigenvalue weighted by Crippen LogP contribution is 2.23. The molecule has 0 spiro atoms. The normalized spacial score (nSPS) is 10.2. The summed E-state index contributed by atoms with van der Waals surface area (Å²) in [6.07, 6.45) is 0. The summed E-state index contributed by atoms with van der Waals surface area (Å²) < 4.78 is 10.3. The van der Waals surface area contributed by atoms with Gasteiger partial charge in [-0.25, -0.2) is 9.78 Å². The average Bonchev–Trinajstić information content (AvgIpc) is 2.86. The van der Waals surface area contributed by atoms with Gasteiger partial charge in [0.2, 0.25) is 0 Å². The van der Waals surface area contributed by atoms with E-state index in [4.69, 9.17) is 21.1 Å². The number of aromatic nitrogens is 1. The van der Waals surface area contributed by atoms with Crippen LogP contribution in [0.1, 0.15) is 22.3 Å². The van der Waals surface area contributed by atoms with Crippen LogP contribution in [-0.2, 0) is 9.53 Å².